The second kappa shape index (κ2) is 4.55. The molecule has 0 aliphatic rings. The zero-order valence-electron chi connectivity index (χ0n) is 9.85. The van der Waals surface area contributed by atoms with Gasteiger partial charge in [-0.1, -0.05) is 34.1 Å². The lowest BCUT2D eigenvalue weighted by Gasteiger charge is -2.06. The van der Waals surface area contributed by atoms with Crippen molar-refractivity contribution in [1.29, 1.82) is 0 Å². The standard InChI is InChI=1S/C15H10BrNO2/c16-9-5-6-11(15(18)19)12(7-9)13-8-17-14-4-2-1-3-10(13)14/h1-8,17H,(H,18,19). The molecule has 1 aromatic heterocycles. The molecule has 4 heteroatoms. The topological polar surface area (TPSA) is 53.1 Å². The Bertz CT molecular complexity index is 777. The first-order valence-corrected chi connectivity index (χ1v) is 6.55. The van der Waals surface area contributed by atoms with Crippen LogP contribution in [-0.2, 0) is 0 Å². The molecule has 0 bridgehead atoms. The van der Waals surface area contributed by atoms with Gasteiger partial charge in [-0.05, 0) is 29.8 Å². The Labute approximate surface area is 118 Å². The average molecular weight is 316 g/mol. The van der Waals surface area contributed by atoms with Crippen LogP contribution in [0.15, 0.2) is 53.1 Å². The number of H-pyrrole nitrogens is 1. The number of hydrogen-bond acceptors (Lipinski definition) is 1. The van der Waals surface area contributed by atoms with E-state index in [1.807, 2.05) is 36.5 Å². The van der Waals surface area contributed by atoms with Crippen LogP contribution in [0.3, 0.4) is 0 Å². The monoisotopic (exact) mass is 315 g/mol. The number of halogens is 1. The fourth-order valence-corrected chi connectivity index (χ4v) is 2.58. The number of aromatic carboxylic acids is 1. The number of carbonyl (C=O) groups is 1. The van der Waals surface area contributed by atoms with Crippen LogP contribution in [-0.4, -0.2) is 16.1 Å². The molecule has 0 fully saturated rings. The summed E-state index contributed by atoms with van der Waals surface area (Å²) in [6.07, 6.45) is 1.85. The summed E-state index contributed by atoms with van der Waals surface area (Å²) in [4.78, 5) is 14.5. The summed E-state index contributed by atoms with van der Waals surface area (Å²) in [5.74, 6) is -0.923. The zero-order valence-corrected chi connectivity index (χ0v) is 11.4. The summed E-state index contributed by atoms with van der Waals surface area (Å²) in [5, 5.41) is 10.3. The first kappa shape index (κ1) is 12.0. The van der Waals surface area contributed by atoms with Gasteiger partial charge >= 0.3 is 5.97 Å². The Morgan fingerprint density at radius 1 is 1.11 bits per heavy atom. The summed E-state index contributed by atoms with van der Waals surface area (Å²) >= 11 is 3.39. The van der Waals surface area contributed by atoms with Crippen molar-refractivity contribution in [3.05, 3.63) is 58.7 Å². The SMILES string of the molecule is O=C(O)c1ccc(Br)cc1-c1c[nH]c2ccccc12. The molecule has 0 amide bonds. The van der Waals surface area contributed by atoms with Gasteiger partial charge in [0, 0.05) is 27.1 Å². The van der Waals surface area contributed by atoms with E-state index >= 15 is 0 Å². The number of carboxylic acids is 1. The predicted octanol–water partition coefficient (Wildman–Crippen LogP) is 4.30. The summed E-state index contributed by atoms with van der Waals surface area (Å²) in [6, 6.07) is 13.0. The molecule has 3 aromatic rings. The first-order valence-electron chi connectivity index (χ1n) is 5.76. The van der Waals surface area contributed by atoms with E-state index in [9.17, 15) is 9.90 Å². The van der Waals surface area contributed by atoms with Gasteiger partial charge in [0.25, 0.3) is 0 Å². The molecule has 3 rings (SSSR count). The Hall–Kier alpha value is -2.07. The molecule has 0 unspecified atom stereocenters. The highest BCUT2D eigenvalue weighted by Gasteiger charge is 2.15. The van der Waals surface area contributed by atoms with Gasteiger partial charge in [0.05, 0.1) is 5.56 Å². The van der Waals surface area contributed by atoms with Crippen LogP contribution in [0.4, 0.5) is 0 Å². The average Bonchev–Trinajstić information content (AvgIpc) is 2.82. The van der Waals surface area contributed by atoms with E-state index < -0.39 is 5.97 Å². The number of para-hydroxylation sites is 1. The molecule has 0 radical (unpaired) electrons. The number of aromatic amines is 1. The molecular weight excluding hydrogens is 306 g/mol. The molecule has 0 spiro atoms. The predicted molar refractivity (Wildman–Crippen MR) is 78.4 cm³/mol. The third-order valence-electron chi connectivity index (χ3n) is 3.09. The van der Waals surface area contributed by atoms with Crippen molar-refractivity contribution < 1.29 is 9.90 Å². The van der Waals surface area contributed by atoms with E-state index in [1.54, 1.807) is 12.1 Å². The molecule has 2 aromatic carbocycles. The fourth-order valence-electron chi connectivity index (χ4n) is 2.22. The van der Waals surface area contributed by atoms with Crippen LogP contribution in [0, 0.1) is 0 Å². The van der Waals surface area contributed by atoms with Crippen LogP contribution in [0.2, 0.25) is 0 Å². The number of rotatable bonds is 2. The number of hydrogen-bond donors (Lipinski definition) is 2. The van der Waals surface area contributed by atoms with Crippen LogP contribution in [0.1, 0.15) is 10.4 Å². The summed E-state index contributed by atoms with van der Waals surface area (Å²) in [6.45, 7) is 0. The van der Waals surface area contributed by atoms with Gasteiger partial charge in [0.2, 0.25) is 0 Å². The van der Waals surface area contributed by atoms with E-state index in [-0.39, 0.29) is 0 Å². The van der Waals surface area contributed by atoms with Gasteiger partial charge in [-0.3, -0.25) is 0 Å². The molecule has 3 nitrogen and oxygen atoms in total. The van der Waals surface area contributed by atoms with Gasteiger partial charge in [0.1, 0.15) is 0 Å². The molecule has 0 saturated carbocycles. The van der Waals surface area contributed by atoms with Crippen LogP contribution in [0.5, 0.6) is 0 Å². The van der Waals surface area contributed by atoms with Crippen LogP contribution < -0.4 is 0 Å². The second-order valence-electron chi connectivity index (χ2n) is 4.24. The highest BCUT2D eigenvalue weighted by Crippen LogP contribution is 2.32. The minimum atomic E-state index is -0.923. The molecular formula is C15H10BrNO2. The number of benzene rings is 2. The highest BCUT2D eigenvalue weighted by atomic mass is 79.9. The van der Waals surface area contributed by atoms with Crippen molar-refractivity contribution in [1.82, 2.24) is 4.98 Å². The van der Waals surface area contributed by atoms with Crippen molar-refractivity contribution in [2.75, 3.05) is 0 Å². The number of carboxylic acid groups (broad SMARTS) is 1. The number of nitrogens with one attached hydrogen (secondary N) is 1. The van der Waals surface area contributed by atoms with Gasteiger partial charge in [0.15, 0.2) is 0 Å². The Morgan fingerprint density at radius 2 is 1.89 bits per heavy atom. The van der Waals surface area contributed by atoms with Crippen molar-refractivity contribution in [2.45, 2.75) is 0 Å². The van der Waals surface area contributed by atoms with E-state index in [2.05, 4.69) is 20.9 Å². The Kier molecular flexibility index (Phi) is 2.87. The Balaban J connectivity index is 2.32. The maximum Gasteiger partial charge on any atom is 0.336 e. The molecule has 1 heterocycles. The molecule has 0 aliphatic carbocycles. The summed E-state index contributed by atoms with van der Waals surface area (Å²) in [5.41, 5.74) is 2.90. The van der Waals surface area contributed by atoms with Crippen molar-refractivity contribution in [3.63, 3.8) is 0 Å². The number of aromatic nitrogens is 1. The second-order valence-corrected chi connectivity index (χ2v) is 5.16. The van der Waals surface area contributed by atoms with Gasteiger partial charge < -0.3 is 10.1 Å². The van der Waals surface area contributed by atoms with E-state index in [4.69, 9.17) is 0 Å². The van der Waals surface area contributed by atoms with Crippen LogP contribution >= 0.6 is 15.9 Å². The lowest BCUT2D eigenvalue weighted by molar-refractivity contribution is 0.0698. The minimum absolute atomic E-state index is 0.299. The maximum absolute atomic E-state index is 11.3. The maximum atomic E-state index is 11.3. The van der Waals surface area contributed by atoms with Gasteiger partial charge in [-0.25, -0.2) is 4.79 Å². The molecule has 94 valence electrons. The largest absolute Gasteiger partial charge is 0.478 e. The van der Waals surface area contributed by atoms with Crippen molar-refractivity contribution in [2.24, 2.45) is 0 Å². The Morgan fingerprint density at radius 3 is 2.68 bits per heavy atom. The minimum Gasteiger partial charge on any atom is -0.478 e. The van der Waals surface area contributed by atoms with Crippen LogP contribution in [0.25, 0.3) is 22.0 Å². The zero-order chi connectivity index (χ0) is 13.4. The van der Waals surface area contributed by atoms with E-state index in [1.165, 1.54) is 0 Å². The lowest BCUT2D eigenvalue weighted by Crippen LogP contribution is -1.99. The summed E-state index contributed by atoms with van der Waals surface area (Å²) < 4.78 is 0.859. The molecule has 0 aliphatic heterocycles. The highest BCUT2D eigenvalue weighted by molar-refractivity contribution is 9.10. The summed E-state index contributed by atoms with van der Waals surface area (Å²) in [7, 11) is 0. The van der Waals surface area contributed by atoms with Gasteiger partial charge in [-0.15, -0.1) is 0 Å². The molecule has 0 saturated heterocycles. The van der Waals surface area contributed by atoms with E-state index in [0.29, 0.717) is 11.1 Å². The van der Waals surface area contributed by atoms with E-state index in [0.717, 1.165) is 20.9 Å². The normalized spacial score (nSPS) is 10.8. The molecule has 2 N–H and O–H groups in total. The third-order valence-corrected chi connectivity index (χ3v) is 3.58. The van der Waals surface area contributed by atoms with Gasteiger partial charge in [-0.2, -0.15) is 0 Å². The molecule has 0 atom stereocenters. The quantitative estimate of drug-likeness (QED) is 0.741. The third kappa shape index (κ3) is 2.04. The fraction of sp³-hybridized carbons (Fsp3) is 0. The smallest absolute Gasteiger partial charge is 0.336 e. The lowest BCUT2D eigenvalue weighted by atomic mass is 9.99. The number of fused-ring (bicyclic) bond motifs is 1. The molecule has 19 heavy (non-hydrogen) atoms. The van der Waals surface area contributed by atoms with Crippen molar-refractivity contribution in [3.8, 4) is 11.1 Å². The first-order chi connectivity index (χ1) is 9.16. The van der Waals surface area contributed by atoms with Crippen molar-refractivity contribution >= 4 is 32.8 Å².